The van der Waals surface area contributed by atoms with Crippen LogP contribution < -0.4 is 9.64 Å². The number of aromatic nitrogens is 1. The number of halogens is 2. The highest BCUT2D eigenvalue weighted by Gasteiger charge is 2.32. The van der Waals surface area contributed by atoms with Crippen molar-refractivity contribution in [2.24, 2.45) is 5.92 Å². The van der Waals surface area contributed by atoms with Crippen LogP contribution in [0.15, 0.2) is 12.1 Å². The molecule has 138 valence electrons. The van der Waals surface area contributed by atoms with Crippen molar-refractivity contribution in [1.82, 2.24) is 9.88 Å². The number of amides is 1. The van der Waals surface area contributed by atoms with Crippen LogP contribution in [0.2, 0.25) is 5.02 Å². The van der Waals surface area contributed by atoms with Crippen molar-refractivity contribution >= 4 is 56.6 Å². The summed E-state index contributed by atoms with van der Waals surface area (Å²) in [5.41, 5.74) is 0.723. The van der Waals surface area contributed by atoms with E-state index in [4.69, 9.17) is 16.3 Å². The minimum Gasteiger partial charge on any atom is -0.494 e. The SMILES string of the molecule is COc1ccc(Cl)c2sc(N(CCN(C)C)C(=O)C3CCC3)nc12.Cl. The van der Waals surface area contributed by atoms with Crippen molar-refractivity contribution in [2.75, 3.05) is 39.2 Å². The molecule has 25 heavy (non-hydrogen) atoms. The molecule has 8 heteroatoms. The molecule has 1 aromatic carbocycles. The lowest BCUT2D eigenvalue weighted by atomic mass is 9.84. The molecule has 2 aromatic rings. The van der Waals surface area contributed by atoms with Crippen LogP contribution >= 0.6 is 35.3 Å². The van der Waals surface area contributed by atoms with Gasteiger partial charge in [0.2, 0.25) is 5.91 Å². The van der Waals surface area contributed by atoms with Gasteiger partial charge in [-0.05, 0) is 39.1 Å². The van der Waals surface area contributed by atoms with E-state index in [1.165, 1.54) is 11.3 Å². The summed E-state index contributed by atoms with van der Waals surface area (Å²) in [6, 6.07) is 3.62. The molecule has 0 spiro atoms. The number of carbonyl (C=O) groups excluding carboxylic acids is 1. The third kappa shape index (κ3) is 4.19. The first-order valence-corrected chi connectivity index (χ1v) is 9.30. The molecule has 5 nitrogen and oxygen atoms in total. The molecule has 0 aliphatic heterocycles. The third-order valence-electron chi connectivity index (χ3n) is 4.39. The number of carbonyl (C=O) groups is 1. The van der Waals surface area contributed by atoms with Gasteiger partial charge in [-0.2, -0.15) is 0 Å². The first kappa shape index (κ1) is 20.2. The molecule has 1 aromatic heterocycles. The molecule has 1 aliphatic rings. The lowest BCUT2D eigenvalue weighted by Crippen LogP contribution is -2.42. The second-order valence-corrected chi connectivity index (χ2v) is 7.73. The second kappa shape index (κ2) is 8.54. The standard InChI is InChI=1S/C17H22ClN3O2S.ClH/c1-20(2)9-10-21(16(22)11-5-4-6-11)17-19-14-13(23-3)8-7-12(18)15(14)24-17;/h7-8,11H,4-6,9-10H2,1-3H3;1H. The van der Waals surface area contributed by atoms with Gasteiger partial charge >= 0.3 is 0 Å². The van der Waals surface area contributed by atoms with Gasteiger partial charge in [0.05, 0.1) is 16.8 Å². The van der Waals surface area contributed by atoms with Crippen molar-refractivity contribution in [3.63, 3.8) is 0 Å². The van der Waals surface area contributed by atoms with Crippen LogP contribution in [0.1, 0.15) is 19.3 Å². The Morgan fingerprint density at radius 1 is 1.36 bits per heavy atom. The molecule has 0 N–H and O–H groups in total. The van der Waals surface area contributed by atoms with E-state index < -0.39 is 0 Å². The monoisotopic (exact) mass is 403 g/mol. The molecule has 0 bridgehead atoms. The smallest absolute Gasteiger partial charge is 0.231 e. The van der Waals surface area contributed by atoms with Crippen LogP contribution in [-0.4, -0.2) is 50.1 Å². The van der Waals surface area contributed by atoms with Crippen molar-refractivity contribution in [2.45, 2.75) is 19.3 Å². The van der Waals surface area contributed by atoms with E-state index in [9.17, 15) is 4.79 Å². The Balaban J connectivity index is 0.00000225. The molecule has 0 unspecified atom stereocenters. The predicted octanol–water partition coefficient (Wildman–Crippen LogP) is 4.07. The summed E-state index contributed by atoms with van der Waals surface area (Å²) in [7, 11) is 5.62. The topological polar surface area (TPSA) is 45.7 Å². The van der Waals surface area contributed by atoms with E-state index in [1.807, 2.05) is 31.1 Å². The number of hydrogen-bond acceptors (Lipinski definition) is 5. The van der Waals surface area contributed by atoms with Gasteiger partial charge in [-0.25, -0.2) is 4.98 Å². The zero-order valence-corrected chi connectivity index (χ0v) is 17.0. The number of anilines is 1. The van der Waals surface area contributed by atoms with Gasteiger partial charge in [-0.1, -0.05) is 29.4 Å². The van der Waals surface area contributed by atoms with Crippen molar-refractivity contribution in [1.29, 1.82) is 0 Å². The van der Waals surface area contributed by atoms with E-state index in [0.717, 1.165) is 36.0 Å². The molecule has 1 fully saturated rings. The molecule has 1 saturated carbocycles. The van der Waals surface area contributed by atoms with Gasteiger partial charge in [0.25, 0.3) is 0 Å². The van der Waals surface area contributed by atoms with Crippen LogP contribution in [0.4, 0.5) is 5.13 Å². The van der Waals surface area contributed by atoms with Crippen molar-refractivity contribution in [3.8, 4) is 5.75 Å². The van der Waals surface area contributed by atoms with Crippen LogP contribution in [0.3, 0.4) is 0 Å². The average Bonchev–Trinajstić information content (AvgIpc) is 2.91. The molecule has 1 aliphatic carbocycles. The zero-order chi connectivity index (χ0) is 17.3. The number of nitrogens with zero attached hydrogens (tertiary/aromatic N) is 3. The maximum atomic E-state index is 12.9. The fraction of sp³-hybridized carbons (Fsp3) is 0.529. The number of fused-ring (bicyclic) bond motifs is 1. The van der Waals surface area contributed by atoms with Crippen molar-refractivity contribution < 1.29 is 9.53 Å². The maximum absolute atomic E-state index is 12.9. The Hall–Kier alpha value is -1.08. The highest BCUT2D eigenvalue weighted by Crippen LogP contribution is 2.40. The summed E-state index contributed by atoms with van der Waals surface area (Å²) >= 11 is 7.77. The molecule has 0 atom stereocenters. The van der Waals surface area contributed by atoms with E-state index >= 15 is 0 Å². The Kier molecular flexibility index (Phi) is 6.91. The zero-order valence-electron chi connectivity index (χ0n) is 14.6. The fourth-order valence-electron chi connectivity index (χ4n) is 2.70. The molecule has 0 saturated heterocycles. The van der Waals surface area contributed by atoms with Gasteiger partial charge in [-0.15, -0.1) is 12.4 Å². The normalized spacial score (nSPS) is 14.3. The number of hydrogen-bond donors (Lipinski definition) is 0. The van der Waals surface area contributed by atoms with Gasteiger partial charge in [-0.3, -0.25) is 9.69 Å². The Bertz CT molecular complexity index is 747. The lowest BCUT2D eigenvalue weighted by molar-refractivity contribution is -0.124. The first-order chi connectivity index (χ1) is 11.5. The number of likely N-dealkylation sites (N-methyl/N-ethyl adjacent to an activating group) is 1. The van der Waals surface area contributed by atoms with Crippen LogP contribution in [0.5, 0.6) is 5.75 Å². The van der Waals surface area contributed by atoms with E-state index in [-0.39, 0.29) is 24.2 Å². The number of rotatable bonds is 6. The predicted molar refractivity (Wildman–Crippen MR) is 107 cm³/mol. The van der Waals surface area contributed by atoms with Crippen LogP contribution in [-0.2, 0) is 4.79 Å². The molecule has 0 radical (unpaired) electrons. The fourth-order valence-corrected chi connectivity index (χ4v) is 3.98. The summed E-state index contributed by atoms with van der Waals surface area (Å²) in [6.45, 7) is 1.42. The quantitative estimate of drug-likeness (QED) is 0.728. The Labute approximate surface area is 163 Å². The Morgan fingerprint density at radius 3 is 2.64 bits per heavy atom. The minimum atomic E-state index is 0. The van der Waals surface area contributed by atoms with E-state index in [0.29, 0.717) is 22.4 Å². The maximum Gasteiger partial charge on any atom is 0.231 e. The number of thiazole rings is 1. The minimum absolute atomic E-state index is 0. The summed E-state index contributed by atoms with van der Waals surface area (Å²) < 4.78 is 6.25. The molecule has 1 amide bonds. The van der Waals surface area contributed by atoms with Gasteiger partial charge in [0.15, 0.2) is 5.13 Å². The van der Waals surface area contributed by atoms with Crippen LogP contribution in [0, 0.1) is 5.92 Å². The summed E-state index contributed by atoms with van der Waals surface area (Å²) in [4.78, 5) is 21.4. The molecular weight excluding hydrogens is 381 g/mol. The summed E-state index contributed by atoms with van der Waals surface area (Å²) in [5, 5.41) is 1.34. The Morgan fingerprint density at radius 2 is 2.08 bits per heavy atom. The van der Waals surface area contributed by atoms with Crippen LogP contribution in [0.25, 0.3) is 10.2 Å². The largest absolute Gasteiger partial charge is 0.494 e. The molecular formula is C17H23Cl2N3O2S. The highest BCUT2D eigenvalue weighted by atomic mass is 35.5. The van der Waals surface area contributed by atoms with Gasteiger partial charge < -0.3 is 9.64 Å². The van der Waals surface area contributed by atoms with Gasteiger partial charge in [0.1, 0.15) is 11.3 Å². The van der Waals surface area contributed by atoms with Crippen molar-refractivity contribution in [3.05, 3.63) is 17.2 Å². The second-order valence-electron chi connectivity index (χ2n) is 6.34. The van der Waals surface area contributed by atoms with E-state index in [1.54, 1.807) is 7.11 Å². The molecule has 1 heterocycles. The number of methoxy groups -OCH3 is 1. The molecule has 3 rings (SSSR count). The highest BCUT2D eigenvalue weighted by molar-refractivity contribution is 7.23. The first-order valence-electron chi connectivity index (χ1n) is 8.10. The summed E-state index contributed by atoms with van der Waals surface area (Å²) in [6.07, 6.45) is 3.09. The lowest BCUT2D eigenvalue weighted by Gasteiger charge is -2.30. The average molecular weight is 404 g/mol. The van der Waals surface area contributed by atoms with Gasteiger partial charge in [0, 0.05) is 19.0 Å². The van der Waals surface area contributed by atoms with E-state index in [2.05, 4.69) is 9.88 Å². The third-order valence-corrected chi connectivity index (χ3v) is 5.93. The summed E-state index contributed by atoms with van der Waals surface area (Å²) in [5.74, 6) is 0.995. The number of benzene rings is 1. The number of ether oxygens (including phenoxy) is 1.